The van der Waals surface area contributed by atoms with E-state index in [1.807, 2.05) is 6.92 Å². The minimum Gasteiger partial charge on any atom is -0.396 e. The summed E-state index contributed by atoms with van der Waals surface area (Å²) in [4.78, 5) is 14.2. The van der Waals surface area contributed by atoms with Crippen molar-refractivity contribution in [3.8, 4) is 0 Å². The zero-order valence-corrected chi connectivity index (χ0v) is 17.1. The van der Waals surface area contributed by atoms with Crippen molar-refractivity contribution in [1.82, 2.24) is 4.90 Å². The van der Waals surface area contributed by atoms with Gasteiger partial charge in [-0.1, -0.05) is 26.8 Å². The van der Waals surface area contributed by atoms with Crippen LogP contribution in [0.4, 0.5) is 24.5 Å². The molecule has 2 aromatic carbocycles. The normalized spacial score (nSPS) is 15.7. The van der Waals surface area contributed by atoms with Crippen LogP contribution in [0.2, 0.25) is 0 Å². The predicted molar refractivity (Wildman–Crippen MR) is 107 cm³/mol. The van der Waals surface area contributed by atoms with Crippen LogP contribution in [0, 0.1) is 22.9 Å². The zero-order chi connectivity index (χ0) is 22.3. The number of nitrogens with one attached hydrogen (secondary N) is 1. The van der Waals surface area contributed by atoms with E-state index in [4.69, 9.17) is 0 Å². The molecule has 1 saturated heterocycles. The van der Waals surface area contributed by atoms with Gasteiger partial charge in [-0.3, -0.25) is 4.79 Å². The number of carbonyl (C=O) groups excluding carboxylic acids is 1. The molecule has 0 saturated carbocycles. The van der Waals surface area contributed by atoms with Gasteiger partial charge in [-0.15, -0.1) is 0 Å². The third-order valence-electron chi connectivity index (χ3n) is 5.87. The van der Waals surface area contributed by atoms with Gasteiger partial charge in [0.15, 0.2) is 11.6 Å². The molecule has 1 fully saturated rings. The summed E-state index contributed by atoms with van der Waals surface area (Å²) in [5.41, 5.74) is -2.15. The van der Waals surface area contributed by atoms with Crippen molar-refractivity contribution in [1.29, 1.82) is 0 Å². The van der Waals surface area contributed by atoms with Gasteiger partial charge in [0.05, 0.1) is 36.6 Å². The number of β-amino-alcohol motifs (C(OH)–C–C–N with tert-alkyl or cyclic N) is 1. The average molecular weight is 422 g/mol. The Hall–Kier alpha value is -2.58. The van der Waals surface area contributed by atoms with Crippen LogP contribution in [0.15, 0.2) is 30.3 Å². The highest BCUT2D eigenvalue weighted by Crippen LogP contribution is 2.39. The Kier molecular flexibility index (Phi) is 5.84. The second kappa shape index (κ2) is 7.92. The topological polar surface area (TPSA) is 72.8 Å². The van der Waals surface area contributed by atoms with E-state index < -0.39 is 40.1 Å². The molecular formula is C22H25F3N2O3. The molecular weight excluding hydrogens is 397 g/mol. The number of hydrogen-bond donors (Lipinski definition) is 3. The molecule has 1 heterocycles. The first kappa shape index (κ1) is 22.1. The van der Waals surface area contributed by atoms with Gasteiger partial charge in [0, 0.05) is 5.41 Å². The van der Waals surface area contributed by atoms with E-state index in [2.05, 4.69) is 5.32 Å². The van der Waals surface area contributed by atoms with Crippen molar-refractivity contribution in [2.45, 2.75) is 32.8 Å². The maximum absolute atomic E-state index is 14.6. The fourth-order valence-electron chi connectivity index (χ4n) is 3.34. The number of aryl methyl sites for hydroxylation is 1. The van der Waals surface area contributed by atoms with Crippen molar-refractivity contribution in [3.05, 3.63) is 58.9 Å². The molecule has 0 radical (unpaired) electrons. The largest absolute Gasteiger partial charge is 0.396 e. The number of hydrogen-bond acceptors (Lipinski definition) is 4. The maximum atomic E-state index is 14.6. The molecule has 0 bridgehead atoms. The van der Waals surface area contributed by atoms with E-state index >= 15 is 0 Å². The van der Waals surface area contributed by atoms with Crippen LogP contribution in [0.3, 0.4) is 0 Å². The van der Waals surface area contributed by atoms with Crippen molar-refractivity contribution in [2.24, 2.45) is 5.41 Å². The van der Waals surface area contributed by atoms with Crippen LogP contribution >= 0.6 is 0 Å². The molecule has 0 aromatic heterocycles. The van der Waals surface area contributed by atoms with Gasteiger partial charge in [0.25, 0.3) is 5.91 Å². The Morgan fingerprint density at radius 2 is 1.83 bits per heavy atom. The fraction of sp³-hybridized carbons (Fsp3) is 0.409. The van der Waals surface area contributed by atoms with Crippen LogP contribution in [-0.2, 0) is 6.42 Å². The molecule has 3 N–H and O–H groups in total. The first-order chi connectivity index (χ1) is 14.0. The van der Waals surface area contributed by atoms with Crippen LogP contribution in [0.1, 0.15) is 36.7 Å². The Labute approximate surface area is 173 Å². The lowest BCUT2D eigenvalue weighted by Crippen LogP contribution is -2.70. The summed E-state index contributed by atoms with van der Waals surface area (Å²) in [6, 6.07) is 6.28. The lowest BCUT2D eigenvalue weighted by atomic mass is 9.70. The first-order valence-corrected chi connectivity index (χ1v) is 9.69. The standard InChI is InChI=1S/C22H25F3N2O3/c1-4-13-5-8-17(16(24)9-13)26-19-14(6-7-15(23)18(19)25)20(29)27-10-22(30,11-27)21(2,3)12-28/h5-9,26,28,30H,4,10-12H2,1-3H3. The average Bonchev–Trinajstić information content (AvgIpc) is 2.69. The van der Waals surface area contributed by atoms with Gasteiger partial charge in [-0.2, -0.15) is 0 Å². The molecule has 1 aliphatic heterocycles. The van der Waals surface area contributed by atoms with Gasteiger partial charge < -0.3 is 20.4 Å². The third-order valence-corrected chi connectivity index (χ3v) is 5.87. The van der Waals surface area contributed by atoms with Gasteiger partial charge >= 0.3 is 0 Å². The first-order valence-electron chi connectivity index (χ1n) is 9.69. The molecule has 162 valence electrons. The Bertz CT molecular complexity index is 972. The van der Waals surface area contributed by atoms with E-state index in [1.165, 1.54) is 17.0 Å². The van der Waals surface area contributed by atoms with E-state index in [1.54, 1.807) is 19.9 Å². The Balaban J connectivity index is 1.90. The third kappa shape index (κ3) is 3.77. The predicted octanol–water partition coefficient (Wildman–Crippen LogP) is 3.62. The highest BCUT2D eigenvalue weighted by molar-refractivity contribution is 6.01. The van der Waals surface area contributed by atoms with E-state index in [0.717, 1.165) is 17.7 Å². The molecule has 30 heavy (non-hydrogen) atoms. The Morgan fingerprint density at radius 3 is 2.40 bits per heavy atom. The summed E-state index contributed by atoms with van der Waals surface area (Å²) in [6.07, 6.45) is 0.608. The molecule has 0 spiro atoms. The maximum Gasteiger partial charge on any atom is 0.256 e. The molecule has 3 rings (SSSR count). The van der Waals surface area contributed by atoms with Crippen LogP contribution in [0.25, 0.3) is 0 Å². The quantitative estimate of drug-likeness (QED) is 0.665. The van der Waals surface area contributed by atoms with Gasteiger partial charge in [0.2, 0.25) is 0 Å². The number of halogens is 3. The lowest BCUT2D eigenvalue weighted by molar-refractivity contribution is -0.166. The van der Waals surface area contributed by atoms with Gasteiger partial charge in [0.1, 0.15) is 11.4 Å². The van der Waals surface area contributed by atoms with E-state index in [-0.39, 0.29) is 30.9 Å². The highest BCUT2D eigenvalue weighted by Gasteiger charge is 2.53. The summed E-state index contributed by atoms with van der Waals surface area (Å²) >= 11 is 0. The molecule has 0 atom stereocenters. The summed E-state index contributed by atoms with van der Waals surface area (Å²) < 4.78 is 42.8. The molecule has 1 aliphatic rings. The van der Waals surface area contributed by atoms with Crippen molar-refractivity contribution in [2.75, 3.05) is 25.0 Å². The molecule has 8 heteroatoms. The van der Waals surface area contributed by atoms with Crippen molar-refractivity contribution in [3.63, 3.8) is 0 Å². The number of nitrogens with zero attached hydrogens (tertiary/aromatic N) is 1. The summed E-state index contributed by atoms with van der Waals surface area (Å²) in [6.45, 7) is 4.77. The molecule has 5 nitrogen and oxygen atoms in total. The van der Waals surface area contributed by atoms with Gasteiger partial charge in [-0.05, 0) is 36.2 Å². The molecule has 0 aliphatic carbocycles. The SMILES string of the molecule is CCc1ccc(Nc2c(C(=O)N3CC(O)(C(C)(C)CO)C3)ccc(F)c2F)c(F)c1. The summed E-state index contributed by atoms with van der Waals surface area (Å²) in [5.74, 6) is -3.77. The number of aliphatic hydroxyl groups excluding tert-OH is 1. The second-order valence-corrected chi connectivity index (χ2v) is 8.31. The number of anilines is 2. The summed E-state index contributed by atoms with van der Waals surface area (Å²) in [7, 11) is 0. The smallest absolute Gasteiger partial charge is 0.256 e. The number of aliphatic hydroxyl groups is 2. The second-order valence-electron chi connectivity index (χ2n) is 8.31. The lowest BCUT2D eigenvalue weighted by Gasteiger charge is -2.54. The molecule has 1 amide bonds. The monoisotopic (exact) mass is 422 g/mol. The number of benzene rings is 2. The number of rotatable bonds is 6. The highest BCUT2D eigenvalue weighted by atomic mass is 19.2. The molecule has 0 unspecified atom stereocenters. The van der Waals surface area contributed by atoms with Crippen LogP contribution in [-0.4, -0.2) is 46.3 Å². The fourth-order valence-corrected chi connectivity index (χ4v) is 3.34. The number of likely N-dealkylation sites (tertiary alicyclic amines) is 1. The Morgan fingerprint density at radius 1 is 1.17 bits per heavy atom. The van der Waals surface area contributed by atoms with Crippen molar-refractivity contribution >= 4 is 17.3 Å². The minimum absolute atomic E-state index is 0.0720. The van der Waals surface area contributed by atoms with Gasteiger partial charge in [-0.25, -0.2) is 13.2 Å². The molecule has 2 aromatic rings. The van der Waals surface area contributed by atoms with Crippen molar-refractivity contribution < 1.29 is 28.2 Å². The summed E-state index contributed by atoms with van der Waals surface area (Å²) in [5, 5.41) is 22.6. The van der Waals surface area contributed by atoms with E-state index in [9.17, 15) is 28.2 Å². The minimum atomic E-state index is -1.30. The number of carbonyl (C=O) groups is 1. The van der Waals surface area contributed by atoms with Crippen LogP contribution < -0.4 is 5.32 Å². The zero-order valence-electron chi connectivity index (χ0n) is 17.1. The number of amides is 1. The van der Waals surface area contributed by atoms with E-state index in [0.29, 0.717) is 6.42 Å². The van der Waals surface area contributed by atoms with Crippen LogP contribution in [0.5, 0.6) is 0 Å².